The molecule has 9 nitrogen and oxygen atoms in total. The minimum Gasteiger partial charge on any atom is -0.477 e. The van der Waals surface area contributed by atoms with Crippen molar-refractivity contribution in [3.8, 4) is 0 Å². The third-order valence-corrected chi connectivity index (χ3v) is 5.29. The van der Waals surface area contributed by atoms with Crippen molar-refractivity contribution in [1.29, 1.82) is 0 Å². The van der Waals surface area contributed by atoms with Gasteiger partial charge >= 0.3 is 5.97 Å². The largest absolute Gasteiger partial charge is 0.477 e. The van der Waals surface area contributed by atoms with Crippen LogP contribution in [0.5, 0.6) is 0 Å². The van der Waals surface area contributed by atoms with Gasteiger partial charge in [-0.3, -0.25) is 4.68 Å². The van der Waals surface area contributed by atoms with Gasteiger partial charge in [-0.05, 0) is 25.0 Å². The molecule has 2 heterocycles. The van der Waals surface area contributed by atoms with Gasteiger partial charge in [-0.15, -0.1) is 5.10 Å². The molecule has 1 unspecified atom stereocenters. The molecule has 0 radical (unpaired) electrons. The number of hydrogen-bond donors (Lipinski definition) is 2. The van der Waals surface area contributed by atoms with Gasteiger partial charge in [0.15, 0.2) is 0 Å². The highest BCUT2D eigenvalue weighted by Gasteiger charge is 2.27. The lowest BCUT2D eigenvalue weighted by atomic mass is 9.97. The molecule has 23 heavy (non-hydrogen) atoms. The molecule has 0 amide bonds. The number of rotatable bonds is 4. The summed E-state index contributed by atoms with van der Waals surface area (Å²) in [5.74, 6) is -1.20. The molecule has 0 bridgehead atoms. The predicted octanol–water partition coefficient (Wildman–Crippen LogP) is -0.256. The Labute approximate surface area is 132 Å². The monoisotopic (exact) mass is 337 g/mol. The van der Waals surface area contributed by atoms with Crippen molar-refractivity contribution in [3.05, 3.63) is 35.4 Å². The molecular formula is C13H15N5O4S. The Morgan fingerprint density at radius 1 is 1.43 bits per heavy atom. The van der Waals surface area contributed by atoms with E-state index < -0.39 is 16.0 Å². The fourth-order valence-electron chi connectivity index (χ4n) is 2.58. The van der Waals surface area contributed by atoms with Crippen LogP contribution in [0.15, 0.2) is 23.2 Å². The molecule has 0 fully saturated rings. The van der Waals surface area contributed by atoms with Gasteiger partial charge in [0.1, 0.15) is 10.6 Å². The van der Waals surface area contributed by atoms with Gasteiger partial charge in [0, 0.05) is 25.7 Å². The zero-order valence-electron chi connectivity index (χ0n) is 12.3. The molecule has 1 aliphatic rings. The van der Waals surface area contributed by atoms with Gasteiger partial charge in [0.2, 0.25) is 10.0 Å². The molecule has 3 rings (SSSR count). The molecule has 0 spiro atoms. The van der Waals surface area contributed by atoms with E-state index >= 15 is 0 Å². The molecule has 0 aromatic carbocycles. The van der Waals surface area contributed by atoms with Crippen molar-refractivity contribution in [1.82, 2.24) is 24.7 Å². The normalized spacial score (nSPS) is 17.7. The maximum Gasteiger partial charge on any atom is 0.354 e. The lowest BCUT2D eigenvalue weighted by Gasteiger charge is -2.22. The highest BCUT2D eigenvalue weighted by Crippen LogP contribution is 2.20. The number of aromatic nitrogens is 4. The van der Waals surface area contributed by atoms with Gasteiger partial charge in [-0.1, -0.05) is 5.21 Å². The van der Waals surface area contributed by atoms with Crippen LogP contribution in [0, 0.1) is 0 Å². The van der Waals surface area contributed by atoms with Gasteiger partial charge in [-0.2, -0.15) is 0 Å². The fraction of sp³-hybridized carbons (Fsp3) is 0.385. The second kappa shape index (κ2) is 5.70. The Morgan fingerprint density at radius 2 is 2.22 bits per heavy atom. The number of sulfonamides is 1. The van der Waals surface area contributed by atoms with Gasteiger partial charge in [0.25, 0.3) is 0 Å². The van der Waals surface area contributed by atoms with Crippen molar-refractivity contribution in [2.24, 2.45) is 7.05 Å². The molecule has 2 N–H and O–H groups in total. The van der Waals surface area contributed by atoms with Crippen LogP contribution >= 0.6 is 0 Å². The third kappa shape index (κ3) is 3.08. The fourth-order valence-corrected chi connectivity index (χ4v) is 3.80. The van der Waals surface area contributed by atoms with E-state index in [0.717, 1.165) is 17.6 Å². The summed E-state index contributed by atoms with van der Waals surface area (Å²) in [4.78, 5) is 14.3. The highest BCUT2D eigenvalue weighted by molar-refractivity contribution is 7.89. The minimum atomic E-state index is -3.76. The van der Waals surface area contributed by atoms with Gasteiger partial charge < -0.3 is 5.11 Å². The van der Waals surface area contributed by atoms with Crippen molar-refractivity contribution in [3.63, 3.8) is 0 Å². The second-order valence-corrected chi connectivity index (χ2v) is 7.07. The number of carboxylic acid groups (broad SMARTS) is 1. The van der Waals surface area contributed by atoms with Crippen LogP contribution in [-0.4, -0.2) is 45.5 Å². The van der Waals surface area contributed by atoms with Crippen LogP contribution < -0.4 is 4.72 Å². The molecule has 10 heteroatoms. The molecule has 0 saturated carbocycles. The molecule has 0 aliphatic heterocycles. The number of carbonyl (C=O) groups is 1. The number of hydrogen-bond acceptors (Lipinski definition) is 6. The van der Waals surface area contributed by atoms with E-state index in [0.29, 0.717) is 19.3 Å². The summed E-state index contributed by atoms with van der Waals surface area (Å²) in [5, 5.41) is 16.8. The first-order chi connectivity index (χ1) is 10.9. The summed E-state index contributed by atoms with van der Waals surface area (Å²) in [6, 6.07) is 2.12. The van der Waals surface area contributed by atoms with Crippen LogP contribution in [-0.2, 0) is 29.9 Å². The average molecular weight is 337 g/mol. The SMILES string of the molecule is Cn1nnc2c1CCC(NS(=O)(=O)c1ccc(C(=O)O)nc1)C2. The maximum absolute atomic E-state index is 12.4. The smallest absolute Gasteiger partial charge is 0.354 e. The lowest BCUT2D eigenvalue weighted by molar-refractivity contribution is 0.0690. The Balaban J connectivity index is 1.75. The molecule has 2 aromatic rings. The van der Waals surface area contributed by atoms with Crippen molar-refractivity contribution >= 4 is 16.0 Å². The summed E-state index contributed by atoms with van der Waals surface area (Å²) in [6.07, 6.45) is 2.86. The van der Waals surface area contributed by atoms with E-state index in [1.807, 2.05) is 7.05 Å². The Hall–Kier alpha value is -2.33. The first-order valence-electron chi connectivity index (χ1n) is 6.96. The van der Waals surface area contributed by atoms with Crippen molar-refractivity contribution in [2.75, 3.05) is 0 Å². The molecular weight excluding hydrogens is 322 g/mol. The number of aryl methyl sites for hydroxylation is 1. The van der Waals surface area contributed by atoms with Crippen molar-refractivity contribution in [2.45, 2.75) is 30.2 Å². The van der Waals surface area contributed by atoms with E-state index in [-0.39, 0.29) is 16.6 Å². The number of aromatic carboxylic acids is 1. The van der Waals surface area contributed by atoms with Gasteiger partial charge in [0.05, 0.1) is 11.4 Å². The number of nitrogens with one attached hydrogen (secondary N) is 1. The summed E-state index contributed by atoms with van der Waals surface area (Å²) in [5.41, 5.74) is 1.62. The zero-order chi connectivity index (χ0) is 16.6. The van der Waals surface area contributed by atoms with Gasteiger partial charge in [-0.25, -0.2) is 22.9 Å². The topological polar surface area (TPSA) is 127 Å². The number of fused-ring (bicyclic) bond motifs is 1. The molecule has 2 aromatic heterocycles. The average Bonchev–Trinajstić information content (AvgIpc) is 2.88. The molecule has 0 saturated heterocycles. The number of carboxylic acids is 1. The maximum atomic E-state index is 12.4. The molecule has 1 atom stereocenters. The minimum absolute atomic E-state index is 0.0626. The van der Waals surface area contributed by atoms with Crippen molar-refractivity contribution < 1.29 is 18.3 Å². The first-order valence-corrected chi connectivity index (χ1v) is 8.44. The van der Waals surface area contributed by atoms with E-state index in [1.165, 1.54) is 12.1 Å². The standard InChI is InChI=1S/C13H15N5O4S/c1-18-12-5-2-8(6-11(12)15-17-18)16-23(21,22)9-3-4-10(13(19)20)14-7-9/h3-4,7-8,16H,2,5-6H2,1H3,(H,19,20). The van der Waals surface area contributed by atoms with E-state index in [9.17, 15) is 13.2 Å². The summed E-state index contributed by atoms with van der Waals surface area (Å²) in [6.45, 7) is 0. The Kier molecular flexibility index (Phi) is 3.86. The van der Waals surface area contributed by atoms with E-state index in [2.05, 4.69) is 20.0 Å². The number of nitrogens with zero attached hydrogens (tertiary/aromatic N) is 4. The number of pyridine rings is 1. The third-order valence-electron chi connectivity index (χ3n) is 3.78. The summed E-state index contributed by atoms with van der Waals surface area (Å²) >= 11 is 0. The predicted molar refractivity (Wildman–Crippen MR) is 78.3 cm³/mol. The quantitative estimate of drug-likeness (QED) is 0.787. The summed E-state index contributed by atoms with van der Waals surface area (Å²) in [7, 11) is -1.95. The first kappa shape index (κ1) is 15.6. The lowest BCUT2D eigenvalue weighted by Crippen LogP contribution is -2.39. The molecule has 122 valence electrons. The summed E-state index contributed by atoms with van der Waals surface area (Å²) < 4.78 is 29.0. The van der Waals surface area contributed by atoms with E-state index in [4.69, 9.17) is 5.11 Å². The molecule has 1 aliphatic carbocycles. The van der Waals surface area contributed by atoms with Crippen LogP contribution in [0.25, 0.3) is 0 Å². The van der Waals surface area contributed by atoms with Crippen LogP contribution in [0.3, 0.4) is 0 Å². The second-order valence-electron chi connectivity index (χ2n) is 5.35. The zero-order valence-corrected chi connectivity index (χ0v) is 13.1. The van der Waals surface area contributed by atoms with Crippen LogP contribution in [0.2, 0.25) is 0 Å². The van der Waals surface area contributed by atoms with Crippen LogP contribution in [0.4, 0.5) is 0 Å². The van der Waals surface area contributed by atoms with Crippen LogP contribution in [0.1, 0.15) is 28.3 Å². The Bertz CT molecular complexity index is 844. The highest BCUT2D eigenvalue weighted by atomic mass is 32.2. The van der Waals surface area contributed by atoms with E-state index in [1.54, 1.807) is 4.68 Å². The Morgan fingerprint density at radius 3 is 2.87 bits per heavy atom.